The summed E-state index contributed by atoms with van der Waals surface area (Å²) in [5, 5.41) is 13.4. The van der Waals surface area contributed by atoms with Crippen molar-refractivity contribution in [3.8, 4) is 0 Å². The van der Waals surface area contributed by atoms with Crippen molar-refractivity contribution in [2.45, 2.75) is 71.9 Å². The molecule has 1 saturated carbocycles. The molecule has 1 fully saturated rings. The first-order valence-corrected chi connectivity index (χ1v) is 6.89. The summed E-state index contributed by atoms with van der Waals surface area (Å²) >= 11 is 0. The maximum atomic E-state index is 9.78. The van der Waals surface area contributed by atoms with Gasteiger partial charge in [-0.3, -0.25) is 0 Å². The van der Waals surface area contributed by atoms with E-state index in [1.807, 2.05) is 6.92 Å². The Kier molecular flexibility index (Phi) is 5.26. The summed E-state index contributed by atoms with van der Waals surface area (Å²) in [7, 11) is 0. The number of aliphatic hydroxyl groups excluding tert-OH is 1. The molecule has 0 heterocycles. The molecular weight excluding hydrogens is 198 g/mol. The van der Waals surface area contributed by atoms with Gasteiger partial charge in [0.25, 0.3) is 0 Å². The fourth-order valence-corrected chi connectivity index (χ4v) is 2.29. The minimum atomic E-state index is -0.235. The van der Waals surface area contributed by atoms with Crippen LogP contribution in [-0.4, -0.2) is 23.8 Å². The largest absolute Gasteiger partial charge is 0.393 e. The van der Waals surface area contributed by atoms with E-state index < -0.39 is 0 Å². The third-order valence-corrected chi connectivity index (χ3v) is 4.58. The quantitative estimate of drug-likeness (QED) is 0.701. The zero-order valence-corrected chi connectivity index (χ0v) is 11.4. The summed E-state index contributed by atoms with van der Waals surface area (Å²) < 4.78 is 0. The third kappa shape index (κ3) is 3.74. The van der Waals surface area contributed by atoms with Crippen LogP contribution in [0.5, 0.6) is 0 Å². The molecule has 1 aliphatic carbocycles. The van der Waals surface area contributed by atoms with E-state index >= 15 is 0 Å². The summed E-state index contributed by atoms with van der Waals surface area (Å²) in [6.45, 7) is 9.43. The summed E-state index contributed by atoms with van der Waals surface area (Å²) in [6.07, 6.45) is 6.37. The smallest absolute Gasteiger partial charge is 0.0577 e. The summed E-state index contributed by atoms with van der Waals surface area (Å²) in [5.41, 5.74) is 0.0217. The monoisotopic (exact) mass is 227 g/mol. The molecule has 1 rings (SSSR count). The van der Waals surface area contributed by atoms with Gasteiger partial charge in [0, 0.05) is 18.0 Å². The average molecular weight is 227 g/mol. The van der Waals surface area contributed by atoms with Crippen LogP contribution in [0, 0.1) is 11.3 Å². The van der Waals surface area contributed by atoms with Gasteiger partial charge in [0.15, 0.2) is 0 Å². The van der Waals surface area contributed by atoms with E-state index in [9.17, 15) is 5.11 Å². The predicted molar refractivity (Wildman–Crippen MR) is 69.5 cm³/mol. The van der Waals surface area contributed by atoms with Gasteiger partial charge in [0.1, 0.15) is 0 Å². The lowest BCUT2D eigenvalue weighted by Crippen LogP contribution is -2.43. The molecule has 0 aliphatic heterocycles. The standard InChI is InChI=1S/C14H29NO/c1-5-14(4,12(3)16)10-15-11(2)9-13-7-6-8-13/h11-13,15-16H,5-10H2,1-4H3. The van der Waals surface area contributed by atoms with Crippen LogP contribution >= 0.6 is 0 Å². The number of nitrogens with one attached hydrogen (secondary N) is 1. The topological polar surface area (TPSA) is 32.3 Å². The van der Waals surface area contributed by atoms with Gasteiger partial charge in [-0.15, -0.1) is 0 Å². The van der Waals surface area contributed by atoms with E-state index in [0.29, 0.717) is 6.04 Å². The van der Waals surface area contributed by atoms with Crippen LogP contribution in [0.25, 0.3) is 0 Å². The van der Waals surface area contributed by atoms with E-state index in [2.05, 4.69) is 26.1 Å². The van der Waals surface area contributed by atoms with Crippen LogP contribution in [0.1, 0.15) is 59.8 Å². The van der Waals surface area contributed by atoms with Gasteiger partial charge in [-0.25, -0.2) is 0 Å². The highest BCUT2D eigenvalue weighted by Gasteiger charge is 2.28. The van der Waals surface area contributed by atoms with Crippen molar-refractivity contribution in [1.29, 1.82) is 0 Å². The van der Waals surface area contributed by atoms with Gasteiger partial charge in [-0.05, 0) is 32.6 Å². The second-order valence-electron chi connectivity index (χ2n) is 6.00. The van der Waals surface area contributed by atoms with E-state index in [1.165, 1.54) is 25.7 Å². The molecule has 0 aromatic rings. The molecule has 0 bridgehead atoms. The van der Waals surface area contributed by atoms with Gasteiger partial charge < -0.3 is 10.4 Å². The van der Waals surface area contributed by atoms with Crippen LogP contribution < -0.4 is 5.32 Å². The van der Waals surface area contributed by atoms with Crippen molar-refractivity contribution < 1.29 is 5.11 Å². The Balaban J connectivity index is 2.25. The molecule has 2 heteroatoms. The maximum absolute atomic E-state index is 9.78. The third-order valence-electron chi connectivity index (χ3n) is 4.58. The summed E-state index contributed by atoms with van der Waals surface area (Å²) in [4.78, 5) is 0. The second kappa shape index (κ2) is 6.02. The number of aliphatic hydroxyl groups is 1. The van der Waals surface area contributed by atoms with Crippen molar-refractivity contribution in [3.63, 3.8) is 0 Å². The van der Waals surface area contributed by atoms with Gasteiger partial charge in [-0.1, -0.05) is 33.1 Å². The molecule has 0 spiro atoms. The first-order valence-electron chi connectivity index (χ1n) is 6.89. The lowest BCUT2D eigenvalue weighted by molar-refractivity contribution is 0.0463. The van der Waals surface area contributed by atoms with E-state index in [4.69, 9.17) is 0 Å². The van der Waals surface area contributed by atoms with E-state index in [0.717, 1.165) is 18.9 Å². The van der Waals surface area contributed by atoms with Crippen LogP contribution in [0.15, 0.2) is 0 Å². The Morgan fingerprint density at radius 1 is 1.38 bits per heavy atom. The van der Waals surface area contributed by atoms with Crippen LogP contribution in [0.3, 0.4) is 0 Å². The summed E-state index contributed by atoms with van der Waals surface area (Å²) in [5.74, 6) is 0.960. The normalized spacial score (nSPS) is 24.6. The molecule has 0 saturated heterocycles. The number of rotatable bonds is 7. The van der Waals surface area contributed by atoms with E-state index in [-0.39, 0.29) is 11.5 Å². The molecule has 2 nitrogen and oxygen atoms in total. The lowest BCUT2D eigenvalue weighted by atomic mass is 9.80. The zero-order valence-electron chi connectivity index (χ0n) is 11.4. The van der Waals surface area contributed by atoms with Crippen molar-refractivity contribution in [1.82, 2.24) is 5.32 Å². The Labute approximate surface area is 101 Å². The van der Waals surface area contributed by atoms with Crippen molar-refractivity contribution >= 4 is 0 Å². The van der Waals surface area contributed by atoms with Gasteiger partial charge in [0.05, 0.1) is 6.10 Å². The molecule has 0 aromatic carbocycles. The van der Waals surface area contributed by atoms with Crippen LogP contribution in [-0.2, 0) is 0 Å². The first kappa shape index (κ1) is 14.0. The lowest BCUT2D eigenvalue weighted by Gasteiger charge is -2.34. The summed E-state index contributed by atoms with van der Waals surface area (Å²) in [6, 6.07) is 0.593. The minimum absolute atomic E-state index is 0.0217. The van der Waals surface area contributed by atoms with Crippen molar-refractivity contribution in [2.75, 3.05) is 6.54 Å². The molecule has 0 radical (unpaired) electrons. The maximum Gasteiger partial charge on any atom is 0.0577 e. The SMILES string of the molecule is CCC(C)(CNC(C)CC1CCC1)C(C)O. The molecular formula is C14H29NO. The minimum Gasteiger partial charge on any atom is -0.393 e. The van der Waals surface area contributed by atoms with Crippen LogP contribution in [0.2, 0.25) is 0 Å². The Hall–Kier alpha value is -0.0800. The molecule has 0 aromatic heterocycles. The fourth-order valence-electron chi connectivity index (χ4n) is 2.29. The molecule has 3 unspecified atom stereocenters. The first-order chi connectivity index (χ1) is 7.48. The molecule has 3 atom stereocenters. The highest BCUT2D eigenvalue weighted by Crippen LogP contribution is 2.31. The predicted octanol–water partition coefficient (Wildman–Crippen LogP) is 2.95. The Bertz CT molecular complexity index is 201. The van der Waals surface area contributed by atoms with Crippen molar-refractivity contribution in [3.05, 3.63) is 0 Å². The number of hydrogen-bond acceptors (Lipinski definition) is 2. The molecule has 96 valence electrons. The van der Waals surface area contributed by atoms with Gasteiger partial charge >= 0.3 is 0 Å². The zero-order chi connectivity index (χ0) is 12.2. The molecule has 1 aliphatic rings. The fraction of sp³-hybridized carbons (Fsp3) is 1.00. The average Bonchev–Trinajstić information content (AvgIpc) is 2.19. The van der Waals surface area contributed by atoms with Crippen molar-refractivity contribution in [2.24, 2.45) is 11.3 Å². The second-order valence-corrected chi connectivity index (χ2v) is 6.00. The highest BCUT2D eigenvalue weighted by atomic mass is 16.3. The Morgan fingerprint density at radius 2 is 2.00 bits per heavy atom. The molecule has 0 amide bonds. The van der Waals surface area contributed by atoms with E-state index in [1.54, 1.807) is 0 Å². The Morgan fingerprint density at radius 3 is 2.38 bits per heavy atom. The van der Waals surface area contributed by atoms with Crippen LogP contribution in [0.4, 0.5) is 0 Å². The molecule has 16 heavy (non-hydrogen) atoms. The highest BCUT2D eigenvalue weighted by molar-refractivity contribution is 4.83. The van der Waals surface area contributed by atoms with Gasteiger partial charge in [0.2, 0.25) is 0 Å². The van der Waals surface area contributed by atoms with Gasteiger partial charge in [-0.2, -0.15) is 0 Å². The number of hydrogen-bond donors (Lipinski definition) is 2. The molecule has 2 N–H and O–H groups in total.